The van der Waals surface area contributed by atoms with Gasteiger partial charge in [0, 0.05) is 11.3 Å². The van der Waals surface area contributed by atoms with Gasteiger partial charge in [0.2, 0.25) is 0 Å². The first-order chi connectivity index (χ1) is 7.76. The number of ether oxygens (including phenoxy) is 1. The molecule has 0 saturated heterocycles. The minimum absolute atomic E-state index is 0.696. The number of para-hydroxylation sites is 2. The number of benzene rings is 1. The molecule has 0 amide bonds. The third kappa shape index (κ3) is 1.70. The molecule has 0 aliphatic carbocycles. The Morgan fingerprint density at radius 3 is 2.62 bits per heavy atom. The van der Waals surface area contributed by atoms with Crippen LogP contribution < -0.4 is 4.74 Å². The van der Waals surface area contributed by atoms with Crippen LogP contribution in [0.25, 0.3) is 0 Å². The van der Waals surface area contributed by atoms with Crippen molar-refractivity contribution in [2.45, 2.75) is 6.92 Å². The second kappa shape index (κ2) is 4.19. The van der Waals surface area contributed by atoms with E-state index in [1.807, 2.05) is 31.2 Å². The standard InChI is InChI=1S/C14H13NO/c1-4-11-10(3)15-12-8-6-7-9-14(12)16-13(11)5-2/h4-9H,1-2H2,3H3. The largest absolute Gasteiger partial charge is 0.454 e. The summed E-state index contributed by atoms with van der Waals surface area (Å²) in [4.78, 5) is 4.50. The summed E-state index contributed by atoms with van der Waals surface area (Å²) in [6, 6.07) is 7.67. The van der Waals surface area contributed by atoms with Crippen LogP contribution in [-0.4, -0.2) is 5.71 Å². The molecule has 16 heavy (non-hydrogen) atoms. The van der Waals surface area contributed by atoms with Crippen molar-refractivity contribution in [1.82, 2.24) is 0 Å². The van der Waals surface area contributed by atoms with E-state index in [0.29, 0.717) is 5.76 Å². The Hall–Kier alpha value is -2.09. The maximum Gasteiger partial charge on any atom is 0.153 e. The van der Waals surface area contributed by atoms with E-state index in [9.17, 15) is 0 Å². The van der Waals surface area contributed by atoms with Crippen molar-refractivity contribution in [1.29, 1.82) is 0 Å². The average Bonchev–Trinajstić information content (AvgIpc) is 2.44. The Labute approximate surface area is 95.3 Å². The Kier molecular flexibility index (Phi) is 2.73. The van der Waals surface area contributed by atoms with Crippen LogP contribution in [0.15, 0.2) is 65.9 Å². The zero-order valence-corrected chi connectivity index (χ0v) is 9.23. The van der Waals surface area contributed by atoms with E-state index >= 15 is 0 Å². The molecule has 2 nitrogen and oxygen atoms in total. The highest BCUT2D eigenvalue weighted by molar-refractivity contribution is 6.03. The van der Waals surface area contributed by atoms with Gasteiger partial charge in [-0.15, -0.1) is 0 Å². The average molecular weight is 211 g/mol. The summed E-state index contributed by atoms with van der Waals surface area (Å²) in [5.74, 6) is 1.44. The summed E-state index contributed by atoms with van der Waals surface area (Å²) in [6.07, 6.45) is 3.42. The van der Waals surface area contributed by atoms with Crippen LogP contribution in [0.4, 0.5) is 5.69 Å². The number of rotatable bonds is 2. The first-order valence-electron chi connectivity index (χ1n) is 5.08. The molecule has 1 aliphatic heterocycles. The van der Waals surface area contributed by atoms with Gasteiger partial charge in [0.05, 0.1) is 0 Å². The maximum absolute atomic E-state index is 5.76. The fourth-order valence-corrected chi connectivity index (χ4v) is 1.63. The fraction of sp³-hybridized carbons (Fsp3) is 0.0714. The van der Waals surface area contributed by atoms with Gasteiger partial charge in [-0.05, 0) is 25.1 Å². The highest BCUT2D eigenvalue weighted by Crippen LogP contribution is 2.33. The molecule has 2 rings (SSSR count). The number of allylic oxidation sites excluding steroid dienone is 3. The molecule has 0 unspecified atom stereocenters. The summed E-state index contributed by atoms with van der Waals surface area (Å²) >= 11 is 0. The molecule has 0 aromatic heterocycles. The molecule has 0 bridgehead atoms. The number of nitrogens with zero attached hydrogens (tertiary/aromatic N) is 1. The number of aliphatic imine (C=N–C) groups is 1. The van der Waals surface area contributed by atoms with Gasteiger partial charge in [-0.2, -0.15) is 0 Å². The smallest absolute Gasteiger partial charge is 0.153 e. The molecule has 0 atom stereocenters. The SMILES string of the molecule is C=CC1=C(C=C)C(C)=Nc2ccccc2O1. The molecule has 80 valence electrons. The summed E-state index contributed by atoms with van der Waals surface area (Å²) in [6.45, 7) is 9.45. The minimum Gasteiger partial charge on any atom is -0.454 e. The lowest BCUT2D eigenvalue weighted by Crippen LogP contribution is -2.00. The Balaban J connectivity index is 2.63. The van der Waals surface area contributed by atoms with Crippen LogP contribution >= 0.6 is 0 Å². The highest BCUT2D eigenvalue weighted by Gasteiger charge is 2.13. The van der Waals surface area contributed by atoms with Gasteiger partial charge >= 0.3 is 0 Å². The quantitative estimate of drug-likeness (QED) is 0.729. The molecule has 0 radical (unpaired) electrons. The van der Waals surface area contributed by atoms with Crippen molar-refractivity contribution in [2.75, 3.05) is 0 Å². The van der Waals surface area contributed by atoms with E-state index in [1.54, 1.807) is 12.2 Å². The zero-order valence-electron chi connectivity index (χ0n) is 9.23. The Morgan fingerprint density at radius 2 is 1.94 bits per heavy atom. The summed E-state index contributed by atoms with van der Waals surface area (Å²) < 4.78 is 5.76. The van der Waals surface area contributed by atoms with E-state index in [0.717, 1.165) is 22.7 Å². The highest BCUT2D eigenvalue weighted by atomic mass is 16.5. The van der Waals surface area contributed by atoms with Gasteiger partial charge in [0.25, 0.3) is 0 Å². The normalized spacial score (nSPS) is 14.4. The van der Waals surface area contributed by atoms with Crippen molar-refractivity contribution < 1.29 is 4.74 Å². The van der Waals surface area contributed by atoms with Crippen molar-refractivity contribution >= 4 is 11.4 Å². The lowest BCUT2D eigenvalue weighted by molar-refractivity contribution is 0.445. The molecule has 2 heteroatoms. The van der Waals surface area contributed by atoms with Crippen LogP contribution in [0.2, 0.25) is 0 Å². The van der Waals surface area contributed by atoms with E-state index in [4.69, 9.17) is 4.74 Å². The van der Waals surface area contributed by atoms with Crippen LogP contribution in [-0.2, 0) is 0 Å². The summed E-state index contributed by atoms with van der Waals surface area (Å²) in [5.41, 5.74) is 2.59. The zero-order chi connectivity index (χ0) is 11.5. The van der Waals surface area contributed by atoms with Gasteiger partial charge in [-0.3, -0.25) is 0 Å². The van der Waals surface area contributed by atoms with Gasteiger partial charge < -0.3 is 4.74 Å². The van der Waals surface area contributed by atoms with Crippen molar-refractivity contribution in [3.8, 4) is 5.75 Å². The molecule has 0 saturated carbocycles. The number of fused-ring (bicyclic) bond motifs is 1. The number of hydrogen-bond donors (Lipinski definition) is 0. The predicted molar refractivity (Wildman–Crippen MR) is 67.3 cm³/mol. The third-order valence-electron chi connectivity index (χ3n) is 2.42. The molecular weight excluding hydrogens is 198 g/mol. The van der Waals surface area contributed by atoms with Crippen molar-refractivity contribution in [3.05, 3.63) is 60.9 Å². The van der Waals surface area contributed by atoms with Crippen LogP contribution in [0.5, 0.6) is 5.75 Å². The fourth-order valence-electron chi connectivity index (χ4n) is 1.63. The van der Waals surface area contributed by atoms with Crippen molar-refractivity contribution in [2.24, 2.45) is 4.99 Å². The van der Waals surface area contributed by atoms with Gasteiger partial charge in [0.1, 0.15) is 11.4 Å². The second-order valence-corrected chi connectivity index (χ2v) is 3.45. The lowest BCUT2D eigenvalue weighted by atomic mass is 10.1. The molecule has 1 heterocycles. The molecule has 0 N–H and O–H groups in total. The maximum atomic E-state index is 5.76. The van der Waals surface area contributed by atoms with E-state index in [1.165, 1.54) is 0 Å². The summed E-state index contributed by atoms with van der Waals surface area (Å²) in [5, 5.41) is 0. The third-order valence-corrected chi connectivity index (χ3v) is 2.42. The topological polar surface area (TPSA) is 21.6 Å². The van der Waals surface area contributed by atoms with E-state index in [2.05, 4.69) is 18.2 Å². The van der Waals surface area contributed by atoms with Crippen LogP contribution in [0, 0.1) is 0 Å². The monoisotopic (exact) mass is 211 g/mol. The van der Waals surface area contributed by atoms with Gasteiger partial charge in [0.15, 0.2) is 5.75 Å². The van der Waals surface area contributed by atoms with E-state index in [-0.39, 0.29) is 0 Å². The van der Waals surface area contributed by atoms with Gasteiger partial charge in [-0.1, -0.05) is 31.4 Å². The first-order valence-corrected chi connectivity index (χ1v) is 5.08. The minimum atomic E-state index is 0.696. The lowest BCUT2D eigenvalue weighted by Gasteiger charge is -2.07. The first kappa shape index (κ1) is 10.4. The Bertz CT molecular complexity index is 509. The second-order valence-electron chi connectivity index (χ2n) is 3.45. The van der Waals surface area contributed by atoms with Crippen molar-refractivity contribution in [3.63, 3.8) is 0 Å². The summed E-state index contributed by atoms with van der Waals surface area (Å²) in [7, 11) is 0. The molecule has 1 aliphatic rings. The van der Waals surface area contributed by atoms with Crippen LogP contribution in [0.3, 0.4) is 0 Å². The molecule has 1 aromatic rings. The molecular formula is C14H13NO. The molecule has 0 spiro atoms. The van der Waals surface area contributed by atoms with Gasteiger partial charge in [-0.25, -0.2) is 4.99 Å². The van der Waals surface area contributed by atoms with E-state index < -0.39 is 0 Å². The van der Waals surface area contributed by atoms with Crippen LogP contribution in [0.1, 0.15) is 6.92 Å². The molecule has 0 fully saturated rings. The Morgan fingerprint density at radius 1 is 1.19 bits per heavy atom. The molecule has 1 aromatic carbocycles. The predicted octanol–water partition coefficient (Wildman–Crippen LogP) is 3.80. The number of hydrogen-bond acceptors (Lipinski definition) is 2.